The summed E-state index contributed by atoms with van der Waals surface area (Å²) in [5.41, 5.74) is 2.95. The summed E-state index contributed by atoms with van der Waals surface area (Å²) < 4.78 is 0. The van der Waals surface area contributed by atoms with E-state index < -0.39 is 0 Å². The third kappa shape index (κ3) is 2.98. The summed E-state index contributed by atoms with van der Waals surface area (Å²) in [5.74, 6) is 6.35. The first-order chi connectivity index (χ1) is 8.70. The van der Waals surface area contributed by atoms with Crippen molar-refractivity contribution in [3.8, 4) is 0 Å². The van der Waals surface area contributed by atoms with Crippen LogP contribution in [0.2, 0.25) is 0 Å². The minimum atomic E-state index is -0.102. The van der Waals surface area contributed by atoms with E-state index in [0.717, 1.165) is 12.8 Å². The average Bonchev–Trinajstić information content (AvgIpc) is 2.38. The number of nitrogens with zero attached hydrogens (tertiary/aromatic N) is 1. The summed E-state index contributed by atoms with van der Waals surface area (Å²) in [4.78, 5) is 16.2. The molecule has 1 aromatic heterocycles. The van der Waals surface area contributed by atoms with Crippen LogP contribution in [-0.2, 0) is 0 Å². The second kappa shape index (κ2) is 5.82. The lowest BCUT2D eigenvalue weighted by molar-refractivity contribution is 0.0922. The van der Waals surface area contributed by atoms with Gasteiger partial charge in [0.15, 0.2) is 5.82 Å². The molecule has 1 aromatic rings. The number of hydrogen-bond acceptors (Lipinski definition) is 4. The summed E-state index contributed by atoms with van der Waals surface area (Å²) >= 11 is 0. The molecule has 4 N–H and O–H groups in total. The lowest BCUT2D eigenvalue weighted by Crippen LogP contribution is -2.38. The lowest BCUT2D eigenvalue weighted by Gasteiger charge is -2.27. The molecule has 1 aliphatic rings. The molecule has 2 atom stereocenters. The first-order valence-corrected chi connectivity index (χ1v) is 6.43. The zero-order valence-electron chi connectivity index (χ0n) is 10.6. The molecule has 18 heavy (non-hydrogen) atoms. The first kappa shape index (κ1) is 12.8. The Morgan fingerprint density at radius 3 is 3.06 bits per heavy atom. The van der Waals surface area contributed by atoms with E-state index in [0.29, 0.717) is 17.3 Å². The molecule has 1 aliphatic carbocycles. The maximum atomic E-state index is 12.2. The Labute approximate surface area is 107 Å². The number of nitrogens with two attached hydrogens (primary N) is 1. The zero-order chi connectivity index (χ0) is 13.0. The maximum Gasteiger partial charge on any atom is 0.255 e. The number of aromatic nitrogens is 1. The Kier molecular flexibility index (Phi) is 4.15. The normalized spacial score (nSPS) is 23.4. The summed E-state index contributed by atoms with van der Waals surface area (Å²) in [6.45, 7) is 2.23. The molecule has 0 bridgehead atoms. The molecular formula is C13H20N4O. The van der Waals surface area contributed by atoms with E-state index >= 15 is 0 Å². The molecule has 1 amide bonds. The van der Waals surface area contributed by atoms with Gasteiger partial charge in [-0.25, -0.2) is 10.8 Å². The van der Waals surface area contributed by atoms with Crippen LogP contribution in [0.15, 0.2) is 18.3 Å². The highest BCUT2D eigenvalue weighted by Gasteiger charge is 2.22. The van der Waals surface area contributed by atoms with Crippen molar-refractivity contribution >= 4 is 11.7 Å². The number of nitrogen functional groups attached to an aromatic ring is 1. The smallest absolute Gasteiger partial charge is 0.255 e. The minimum absolute atomic E-state index is 0.102. The van der Waals surface area contributed by atoms with Crippen LogP contribution in [0, 0.1) is 5.92 Å². The number of rotatable bonds is 3. The molecule has 5 heteroatoms. The van der Waals surface area contributed by atoms with Crippen molar-refractivity contribution in [3.05, 3.63) is 23.9 Å². The number of anilines is 1. The van der Waals surface area contributed by atoms with Crippen LogP contribution in [0.4, 0.5) is 5.82 Å². The summed E-state index contributed by atoms with van der Waals surface area (Å²) in [6.07, 6.45) is 6.16. The van der Waals surface area contributed by atoms with Gasteiger partial charge in [0.2, 0.25) is 0 Å². The fourth-order valence-electron chi connectivity index (χ4n) is 2.53. The molecule has 0 aromatic carbocycles. The molecule has 2 unspecified atom stereocenters. The van der Waals surface area contributed by atoms with Gasteiger partial charge in [-0.2, -0.15) is 0 Å². The summed E-state index contributed by atoms with van der Waals surface area (Å²) in [6, 6.07) is 3.73. The molecule has 5 nitrogen and oxygen atoms in total. The minimum Gasteiger partial charge on any atom is -0.349 e. The van der Waals surface area contributed by atoms with Crippen molar-refractivity contribution in [3.63, 3.8) is 0 Å². The number of hydrazine groups is 1. The molecule has 0 aliphatic heterocycles. The quantitative estimate of drug-likeness (QED) is 0.561. The molecule has 98 valence electrons. The van der Waals surface area contributed by atoms with Crippen molar-refractivity contribution in [1.82, 2.24) is 10.3 Å². The second-order valence-electron chi connectivity index (χ2n) is 4.99. The molecule has 1 heterocycles. The van der Waals surface area contributed by atoms with E-state index in [9.17, 15) is 4.79 Å². The monoisotopic (exact) mass is 248 g/mol. The highest BCUT2D eigenvalue weighted by molar-refractivity contribution is 5.98. The van der Waals surface area contributed by atoms with Crippen LogP contribution in [0.3, 0.4) is 0 Å². The van der Waals surface area contributed by atoms with E-state index in [4.69, 9.17) is 5.84 Å². The van der Waals surface area contributed by atoms with Gasteiger partial charge < -0.3 is 10.7 Å². The van der Waals surface area contributed by atoms with E-state index in [1.165, 1.54) is 12.8 Å². The third-order valence-electron chi connectivity index (χ3n) is 3.46. The Morgan fingerprint density at radius 1 is 1.50 bits per heavy atom. The van der Waals surface area contributed by atoms with Gasteiger partial charge in [-0.3, -0.25) is 4.79 Å². The topological polar surface area (TPSA) is 80.0 Å². The third-order valence-corrected chi connectivity index (χ3v) is 3.46. The fraction of sp³-hybridized carbons (Fsp3) is 0.538. The van der Waals surface area contributed by atoms with Crippen LogP contribution in [-0.4, -0.2) is 16.9 Å². The van der Waals surface area contributed by atoms with Crippen molar-refractivity contribution in [2.24, 2.45) is 11.8 Å². The van der Waals surface area contributed by atoms with Crippen LogP contribution in [0.5, 0.6) is 0 Å². The molecule has 0 radical (unpaired) electrons. The van der Waals surface area contributed by atoms with E-state index in [2.05, 4.69) is 22.7 Å². The number of carbonyl (C=O) groups is 1. The predicted molar refractivity (Wildman–Crippen MR) is 70.9 cm³/mol. The van der Waals surface area contributed by atoms with Gasteiger partial charge in [0.05, 0.1) is 5.56 Å². The molecule has 2 rings (SSSR count). The highest BCUT2D eigenvalue weighted by Crippen LogP contribution is 2.24. The SMILES string of the molecule is CC1CCCC(NC(=O)c2cccnc2NN)C1. The Hall–Kier alpha value is -1.62. The Morgan fingerprint density at radius 2 is 2.33 bits per heavy atom. The predicted octanol–water partition coefficient (Wildman–Crippen LogP) is 1.68. The summed E-state index contributed by atoms with van der Waals surface area (Å²) in [5, 5.41) is 3.07. The van der Waals surface area contributed by atoms with Gasteiger partial charge in [0, 0.05) is 12.2 Å². The van der Waals surface area contributed by atoms with E-state index in [-0.39, 0.29) is 11.9 Å². The van der Waals surface area contributed by atoms with Crippen molar-refractivity contribution in [1.29, 1.82) is 0 Å². The van der Waals surface area contributed by atoms with Crippen LogP contribution in [0.1, 0.15) is 43.0 Å². The molecule has 1 saturated carbocycles. The number of hydrogen-bond donors (Lipinski definition) is 3. The molecular weight excluding hydrogens is 228 g/mol. The molecule has 1 fully saturated rings. The Bertz CT molecular complexity index is 421. The number of nitrogens with one attached hydrogen (secondary N) is 2. The highest BCUT2D eigenvalue weighted by atomic mass is 16.1. The van der Waals surface area contributed by atoms with E-state index in [1.54, 1.807) is 18.3 Å². The van der Waals surface area contributed by atoms with Crippen LogP contribution < -0.4 is 16.6 Å². The second-order valence-corrected chi connectivity index (χ2v) is 4.99. The number of amides is 1. The van der Waals surface area contributed by atoms with Gasteiger partial charge in [-0.15, -0.1) is 0 Å². The van der Waals surface area contributed by atoms with Gasteiger partial charge in [-0.1, -0.05) is 19.8 Å². The standard InChI is InChI=1S/C13H20N4O/c1-9-4-2-5-10(8-9)16-13(18)11-6-3-7-15-12(11)17-14/h3,6-7,9-10H,2,4-5,8,14H2,1H3,(H,15,17)(H,16,18). The number of carbonyl (C=O) groups excluding carboxylic acids is 1. The van der Waals surface area contributed by atoms with Crippen molar-refractivity contribution in [2.75, 3.05) is 5.43 Å². The number of pyridine rings is 1. The Balaban J connectivity index is 2.03. The lowest BCUT2D eigenvalue weighted by atomic mass is 9.87. The molecule has 0 saturated heterocycles. The van der Waals surface area contributed by atoms with Crippen molar-refractivity contribution in [2.45, 2.75) is 38.6 Å². The van der Waals surface area contributed by atoms with E-state index in [1.807, 2.05) is 0 Å². The van der Waals surface area contributed by atoms with Crippen LogP contribution >= 0.6 is 0 Å². The van der Waals surface area contributed by atoms with Gasteiger partial charge in [0.1, 0.15) is 0 Å². The van der Waals surface area contributed by atoms with Gasteiger partial charge in [-0.05, 0) is 30.9 Å². The van der Waals surface area contributed by atoms with Crippen LogP contribution in [0.25, 0.3) is 0 Å². The van der Waals surface area contributed by atoms with Crippen molar-refractivity contribution < 1.29 is 4.79 Å². The fourth-order valence-corrected chi connectivity index (χ4v) is 2.53. The summed E-state index contributed by atoms with van der Waals surface area (Å²) in [7, 11) is 0. The molecule has 0 spiro atoms. The first-order valence-electron chi connectivity index (χ1n) is 6.43. The maximum absolute atomic E-state index is 12.2. The zero-order valence-corrected chi connectivity index (χ0v) is 10.6. The van der Waals surface area contributed by atoms with Gasteiger partial charge >= 0.3 is 0 Å². The largest absolute Gasteiger partial charge is 0.349 e. The average molecular weight is 248 g/mol. The van der Waals surface area contributed by atoms with Gasteiger partial charge in [0.25, 0.3) is 5.91 Å².